The van der Waals surface area contributed by atoms with Gasteiger partial charge in [-0.15, -0.1) is 0 Å². The van der Waals surface area contributed by atoms with Crippen molar-refractivity contribution in [1.29, 1.82) is 0 Å². The molecule has 0 radical (unpaired) electrons. The maximum Gasteiger partial charge on any atom is 0.169 e. The number of nitrogens with zero attached hydrogens (tertiary/aromatic N) is 2. The summed E-state index contributed by atoms with van der Waals surface area (Å²) in [5.41, 5.74) is 7.84. The van der Waals surface area contributed by atoms with E-state index in [1.807, 2.05) is 11.4 Å². The fourth-order valence-corrected chi connectivity index (χ4v) is 2.92. The van der Waals surface area contributed by atoms with Gasteiger partial charge in [0.25, 0.3) is 0 Å². The standard InChI is InChI=1S/C14H18N4OS/c15-13-14(17-7-10-1-4-19-5-2-10)18-12(8-16-13)11-3-6-20-9-11/h3,6,8-10H,1-2,4-5,7H2,(H2,15,16)(H,17,18). The minimum Gasteiger partial charge on any atom is -0.381 e. The highest BCUT2D eigenvalue weighted by Gasteiger charge is 2.14. The van der Waals surface area contributed by atoms with Gasteiger partial charge in [-0.3, -0.25) is 0 Å². The van der Waals surface area contributed by atoms with E-state index in [1.165, 1.54) is 0 Å². The van der Waals surface area contributed by atoms with Crippen LogP contribution in [-0.4, -0.2) is 29.7 Å². The summed E-state index contributed by atoms with van der Waals surface area (Å²) in [6, 6.07) is 2.03. The maximum atomic E-state index is 5.90. The Morgan fingerprint density at radius 1 is 1.40 bits per heavy atom. The zero-order valence-electron chi connectivity index (χ0n) is 11.2. The number of aromatic nitrogens is 2. The minimum absolute atomic E-state index is 0.455. The minimum atomic E-state index is 0.455. The fourth-order valence-electron chi connectivity index (χ4n) is 2.27. The summed E-state index contributed by atoms with van der Waals surface area (Å²) >= 11 is 1.65. The molecule has 3 N–H and O–H groups in total. The molecule has 0 saturated carbocycles. The van der Waals surface area contributed by atoms with Crippen LogP contribution in [0, 0.1) is 5.92 Å². The molecule has 3 heterocycles. The average Bonchev–Trinajstić information content (AvgIpc) is 3.02. The van der Waals surface area contributed by atoms with Crippen LogP contribution < -0.4 is 11.1 Å². The van der Waals surface area contributed by atoms with Gasteiger partial charge in [0.1, 0.15) is 0 Å². The highest BCUT2D eigenvalue weighted by atomic mass is 32.1. The molecule has 0 unspecified atom stereocenters. The molecule has 106 valence electrons. The molecule has 0 bridgehead atoms. The number of hydrogen-bond donors (Lipinski definition) is 2. The Bertz CT molecular complexity index is 552. The van der Waals surface area contributed by atoms with E-state index in [9.17, 15) is 0 Å². The van der Waals surface area contributed by atoms with Crippen molar-refractivity contribution in [1.82, 2.24) is 9.97 Å². The third kappa shape index (κ3) is 3.08. The van der Waals surface area contributed by atoms with E-state index in [0.29, 0.717) is 17.6 Å². The maximum absolute atomic E-state index is 5.90. The first-order valence-corrected chi connectivity index (χ1v) is 7.74. The molecule has 3 rings (SSSR count). The molecule has 2 aromatic rings. The van der Waals surface area contributed by atoms with Gasteiger partial charge in [0.2, 0.25) is 0 Å². The van der Waals surface area contributed by atoms with Gasteiger partial charge in [0.15, 0.2) is 11.6 Å². The summed E-state index contributed by atoms with van der Waals surface area (Å²) in [6.07, 6.45) is 3.89. The first-order chi connectivity index (χ1) is 9.83. The number of thiophene rings is 1. The molecule has 1 aliphatic rings. The predicted octanol–water partition coefficient (Wildman–Crippen LogP) is 2.63. The molecule has 0 amide bonds. The second-order valence-electron chi connectivity index (χ2n) is 4.94. The third-order valence-corrected chi connectivity index (χ3v) is 4.20. The molecule has 1 saturated heterocycles. The van der Waals surface area contributed by atoms with Crippen LogP contribution in [0.3, 0.4) is 0 Å². The number of rotatable bonds is 4. The van der Waals surface area contributed by atoms with Crippen LogP contribution in [0.4, 0.5) is 11.6 Å². The van der Waals surface area contributed by atoms with E-state index >= 15 is 0 Å². The number of nitrogens with two attached hydrogens (primary N) is 1. The Kier molecular flexibility index (Phi) is 4.13. The van der Waals surface area contributed by atoms with E-state index in [-0.39, 0.29) is 0 Å². The fraction of sp³-hybridized carbons (Fsp3) is 0.429. The first-order valence-electron chi connectivity index (χ1n) is 6.79. The Balaban J connectivity index is 1.70. The van der Waals surface area contributed by atoms with E-state index in [2.05, 4.69) is 20.7 Å². The van der Waals surface area contributed by atoms with Gasteiger partial charge in [0.05, 0.1) is 11.9 Å². The van der Waals surface area contributed by atoms with Crippen molar-refractivity contribution in [2.45, 2.75) is 12.8 Å². The Hall–Kier alpha value is -1.66. The highest BCUT2D eigenvalue weighted by molar-refractivity contribution is 7.08. The Morgan fingerprint density at radius 3 is 3.00 bits per heavy atom. The van der Waals surface area contributed by atoms with Crippen molar-refractivity contribution >= 4 is 23.0 Å². The molecule has 5 nitrogen and oxygen atoms in total. The molecule has 1 aliphatic heterocycles. The lowest BCUT2D eigenvalue weighted by Crippen LogP contribution is -2.23. The smallest absolute Gasteiger partial charge is 0.169 e. The Morgan fingerprint density at radius 2 is 2.25 bits per heavy atom. The summed E-state index contributed by atoms with van der Waals surface area (Å²) in [4.78, 5) is 8.81. The number of anilines is 2. The van der Waals surface area contributed by atoms with Crippen molar-refractivity contribution < 1.29 is 4.74 Å². The van der Waals surface area contributed by atoms with Crippen LogP contribution in [0.5, 0.6) is 0 Å². The van der Waals surface area contributed by atoms with Gasteiger partial charge >= 0.3 is 0 Å². The van der Waals surface area contributed by atoms with Gasteiger partial charge in [0, 0.05) is 30.7 Å². The summed E-state index contributed by atoms with van der Waals surface area (Å²) in [5.74, 6) is 1.76. The number of nitrogens with one attached hydrogen (secondary N) is 1. The van der Waals surface area contributed by atoms with Gasteiger partial charge < -0.3 is 15.8 Å². The van der Waals surface area contributed by atoms with Crippen molar-refractivity contribution in [3.05, 3.63) is 23.0 Å². The van der Waals surface area contributed by atoms with Crippen LogP contribution in [0.25, 0.3) is 11.3 Å². The second kappa shape index (κ2) is 6.19. The van der Waals surface area contributed by atoms with Crippen LogP contribution in [0.2, 0.25) is 0 Å². The number of nitrogen functional groups attached to an aromatic ring is 1. The molecule has 0 aliphatic carbocycles. The van der Waals surface area contributed by atoms with Crippen LogP contribution in [0.15, 0.2) is 23.0 Å². The molecule has 0 spiro atoms. The topological polar surface area (TPSA) is 73.1 Å². The van der Waals surface area contributed by atoms with Gasteiger partial charge in [-0.25, -0.2) is 9.97 Å². The quantitative estimate of drug-likeness (QED) is 0.905. The van der Waals surface area contributed by atoms with Gasteiger partial charge in [-0.2, -0.15) is 11.3 Å². The van der Waals surface area contributed by atoms with E-state index in [0.717, 1.165) is 43.9 Å². The van der Waals surface area contributed by atoms with Gasteiger partial charge in [-0.1, -0.05) is 0 Å². The van der Waals surface area contributed by atoms with Crippen LogP contribution in [0.1, 0.15) is 12.8 Å². The molecular formula is C14H18N4OS. The van der Waals surface area contributed by atoms with E-state index < -0.39 is 0 Å². The monoisotopic (exact) mass is 290 g/mol. The molecule has 1 fully saturated rings. The summed E-state index contributed by atoms with van der Waals surface area (Å²) in [5, 5.41) is 7.42. The predicted molar refractivity (Wildman–Crippen MR) is 81.8 cm³/mol. The normalized spacial score (nSPS) is 16.2. The van der Waals surface area contributed by atoms with Crippen LogP contribution in [-0.2, 0) is 4.74 Å². The lowest BCUT2D eigenvalue weighted by molar-refractivity contribution is 0.0699. The zero-order valence-corrected chi connectivity index (χ0v) is 12.0. The van der Waals surface area contributed by atoms with Crippen molar-refractivity contribution in [2.24, 2.45) is 5.92 Å². The largest absolute Gasteiger partial charge is 0.381 e. The highest BCUT2D eigenvalue weighted by Crippen LogP contribution is 2.24. The molecule has 2 aromatic heterocycles. The third-order valence-electron chi connectivity index (χ3n) is 3.52. The second-order valence-corrected chi connectivity index (χ2v) is 5.72. The van der Waals surface area contributed by atoms with Crippen LogP contribution >= 0.6 is 11.3 Å². The lowest BCUT2D eigenvalue weighted by Gasteiger charge is -2.22. The number of ether oxygens (including phenoxy) is 1. The van der Waals surface area contributed by atoms with E-state index in [4.69, 9.17) is 10.5 Å². The Labute approximate surface area is 122 Å². The van der Waals surface area contributed by atoms with Crippen molar-refractivity contribution in [3.63, 3.8) is 0 Å². The summed E-state index contributed by atoms with van der Waals surface area (Å²) in [7, 11) is 0. The first kappa shape index (κ1) is 13.3. The van der Waals surface area contributed by atoms with E-state index in [1.54, 1.807) is 17.5 Å². The molecule has 0 atom stereocenters. The SMILES string of the molecule is Nc1ncc(-c2ccsc2)nc1NCC1CCOCC1. The molecule has 0 aromatic carbocycles. The molecule has 6 heteroatoms. The van der Waals surface area contributed by atoms with Gasteiger partial charge in [-0.05, 0) is 30.2 Å². The molecular weight excluding hydrogens is 272 g/mol. The zero-order chi connectivity index (χ0) is 13.8. The number of hydrogen-bond acceptors (Lipinski definition) is 6. The summed E-state index contributed by atoms with van der Waals surface area (Å²) in [6.45, 7) is 2.57. The average molecular weight is 290 g/mol. The lowest BCUT2D eigenvalue weighted by atomic mass is 10.0. The van der Waals surface area contributed by atoms with Crippen molar-refractivity contribution in [2.75, 3.05) is 30.8 Å². The molecule has 20 heavy (non-hydrogen) atoms. The van der Waals surface area contributed by atoms with Crippen molar-refractivity contribution in [3.8, 4) is 11.3 Å². The summed E-state index contributed by atoms with van der Waals surface area (Å²) < 4.78 is 5.36.